The summed E-state index contributed by atoms with van der Waals surface area (Å²) in [6.07, 6.45) is 0.485. The summed E-state index contributed by atoms with van der Waals surface area (Å²) in [6, 6.07) is 3.79. The molecule has 1 aromatic rings. The smallest absolute Gasteiger partial charge is 0.254 e. The average Bonchev–Trinajstić information content (AvgIpc) is 2.32. The van der Waals surface area contributed by atoms with E-state index in [1.54, 1.807) is 6.07 Å². The number of carbonyl (C=O) groups excluding carboxylic acids is 3. The fourth-order valence-electron chi connectivity index (χ4n) is 1.86. The Labute approximate surface area is 109 Å². The molecule has 0 bridgehead atoms. The maximum absolute atomic E-state index is 12.0. The van der Waals surface area contributed by atoms with Gasteiger partial charge in [0, 0.05) is 17.8 Å². The zero-order valence-corrected chi connectivity index (χ0v) is 10.1. The predicted octanol–water partition coefficient (Wildman–Crippen LogP) is -0.614. The van der Waals surface area contributed by atoms with Gasteiger partial charge in [0.05, 0.1) is 5.56 Å². The zero-order chi connectivity index (χ0) is 14.0. The zero-order valence-electron chi connectivity index (χ0n) is 10.1. The topological polar surface area (TPSA) is 127 Å². The van der Waals surface area contributed by atoms with Crippen LogP contribution in [0.3, 0.4) is 0 Å². The summed E-state index contributed by atoms with van der Waals surface area (Å²) in [7, 11) is 0. The van der Waals surface area contributed by atoms with Crippen LogP contribution in [0.25, 0.3) is 0 Å². The lowest BCUT2D eigenvalue weighted by Crippen LogP contribution is -2.52. The fourth-order valence-corrected chi connectivity index (χ4v) is 1.86. The van der Waals surface area contributed by atoms with Crippen LogP contribution >= 0.6 is 0 Å². The summed E-state index contributed by atoms with van der Waals surface area (Å²) in [6.45, 7) is 0. The molecule has 1 atom stereocenters. The second-order valence-corrected chi connectivity index (χ2v) is 4.32. The molecule has 1 aliphatic rings. The molecule has 2 rings (SSSR count). The first-order chi connectivity index (χ1) is 8.97. The minimum atomic E-state index is -0.720. The first-order valence-electron chi connectivity index (χ1n) is 5.77. The molecule has 0 aromatic heterocycles. The Balaban J connectivity index is 2.09. The second-order valence-electron chi connectivity index (χ2n) is 4.32. The number of carbonyl (C=O) groups is 3. The number of amides is 3. The molecule has 0 aliphatic carbocycles. The highest BCUT2D eigenvalue weighted by Gasteiger charge is 2.28. The molecule has 100 valence electrons. The van der Waals surface area contributed by atoms with Gasteiger partial charge in [0.1, 0.15) is 6.04 Å². The number of anilines is 2. The van der Waals surface area contributed by atoms with Gasteiger partial charge in [-0.15, -0.1) is 0 Å². The van der Waals surface area contributed by atoms with Crippen molar-refractivity contribution >= 4 is 29.1 Å². The number of benzene rings is 1. The van der Waals surface area contributed by atoms with Crippen molar-refractivity contribution in [3.8, 4) is 0 Å². The van der Waals surface area contributed by atoms with Crippen molar-refractivity contribution < 1.29 is 14.4 Å². The highest BCUT2D eigenvalue weighted by atomic mass is 16.2. The van der Waals surface area contributed by atoms with E-state index in [-0.39, 0.29) is 30.0 Å². The Morgan fingerprint density at radius 2 is 2.05 bits per heavy atom. The van der Waals surface area contributed by atoms with Crippen molar-refractivity contribution in [3.05, 3.63) is 23.8 Å². The number of rotatable bonds is 2. The van der Waals surface area contributed by atoms with Crippen LogP contribution in [0, 0.1) is 0 Å². The van der Waals surface area contributed by atoms with Gasteiger partial charge in [0.25, 0.3) is 5.91 Å². The first-order valence-corrected chi connectivity index (χ1v) is 5.77. The average molecular weight is 262 g/mol. The van der Waals surface area contributed by atoms with Crippen LogP contribution in [0.4, 0.5) is 11.4 Å². The molecule has 7 heteroatoms. The number of piperidine rings is 1. The van der Waals surface area contributed by atoms with E-state index in [2.05, 4.69) is 10.6 Å². The largest absolute Gasteiger partial charge is 0.399 e. The van der Waals surface area contributed by atoms with Crippen LogP contribution in [0.2, 0.25) is 0 Å². The standard InChI is InChI=1S/C12H14N4O3/c13-6-1-2-7(8(14)5-6)11(18)15-9-3-4-10(17)16-12(9)19/h1-2,5,9H,3-4,13-14H2,(H,15,18)(H,16,17,19). The van der Waals surface area contributed by atoms with Gasteiger partial charge in [-0.05, 0) is 24.6 Å². The molecule has 0 radical (unpaired) electrons. The van der Waals surface area contributed by atoms with Crippen molar-refractivity contribution in [1.29, 1.82) is 0 Å². The molecule has 19 heavy (non-hydrogen) atoms. The molecule has 1 saturated heterocycles. The number of nitrogen functional groups attached to an aromatic ring is 2. The van der Waals surface area contributed by atoms with Crippen LogP contribution in [-0.2, 0) is 9.59 Å². The summed E-state index contributed by atoms with van der Waals surface area (Å²) in [4.78, 5) is 34.5. The van der Waals surface area contributed by atoms with Crippen LogP contribution in [0.5, 0.6) is 0 Å². The highest BCUT2D eigenvalue weighted by Crippen LogP contribution is 2.16. The molecule has 1 aromatic carbocycles. The SMILES string of the molecule is Nc1ccc(C(=O)NC2CCC(=O)NC2=O)c(N)c1. The van der Waals surface area contributed by atoms with Crippen LogP contribution in [-0.4, -0.2) is 23.8 Å². The van der Waals surface area contributed by atoms with E-state index in [4.69, 9.17) is 11.5 Å². The van der Waals surface area contributed by atoms with Crippen molar-refractivity contribution in [2.45, 2.75) is 18.9 Å². The molecule has 1 fully saturated rings. The van der Waals surface area contributed by atoms with Gasteiger partial charge >= 0.3 is 0 Å². The molecule has 0 saturated carbocycles. The Kier molecular flexibility index (Phi) is 3.37. The first kappa shape index (κ1) is 12.9. The quantitative estimate of drug-likeness (QED) is 0.417. The van der Waals surface area contributed by atoms with Gasteiger partial charge in [-0.2, -0.15) is 0 Å². The predicted molar refractivity (Wildman–Crippen MR) is 68.9 cm³/mol. The lowest BCUT2D eigenvalue weighted by Gasteiger charge is -2.22. The summed E-state index contributed by atoms with van der Waals surface area (Å²) >= 11 is 0. The molecular formula is C12H14N4O3. The second kappa shape index (κ2) is 4.97. The minimum Gasteiger partial charge on any atom is -0.399 e. The molecule has 1 aliphatic heterocycles. The lowest BCUT2D eigenvalue weighted by molar-refractivity contribution is -0.134. The van der Waals surface area contributed by atoms with E-state index in [1.807, 2.05) is 0 Å². The van der Waals surface area contributed by atoms with Crippen LogP contribution in [0.1, 0.15) is 23.2 Å². The fraction of sp³-hybridized carbons (Fsp3) is 0.250. The van der Waals surface area contributed by atoms with E-state index in [1.165, 1.54) is 12.1 Å². The summed E-state index contributed by atoms with van der Waals surface area (Å²) < 4.78 is 0. The van der Waals surface area contributed by atoms with Gasteiger partial charge in [-0.25, -0.2) is 0 Å². The maximum atomic E-state index is 12.0. The van der Waals surface area contributed by atoms with E-state index in [0.717, 1.165) is 0 Å². The third-order valence-electron chi connectivity index (χ3n) is 2.86. The molecule has 1 unspecified atom stereocenters. The molecule has 3 amide bonds. The van der Waals surface area contributed by atoms with Crippen molar-refractivity contribution in [1.82, 2.24) is 10.6 Å². The maximum Gasteiger partial charge on any atom is 0.254 e. The van der Waals surface area contributed by atoms with Crippen molar-refractivity contribution in [2.24, 2.45) is 0 Å². The van der Waals surface area contributed by atoms with Gasteiger partial charge in [0.15, 0.2) is 0 Å². The molecule has 7 nitrogen and oxygen atoms in total. The highest BCUT2D eigenvalue weighted by molar-refractivity contribution is 6.05. The molecule has 0 spiro atoms. The van der Waals surface area contributed by atoms with Crippen molar-refractivity contribution in [3.63, 3.8) is 0 Å². The number of hydrogen-bond donors (Lipinski definition) is 4. The normalized spacial score (nSPS) is 18.8. The Morgan fingerprint density at radius 3 is 2.68 bits per heavy atom. The molecule has 6 N–H and O–H groups in total. The number of nitrogens with two attached hydrogens (primary N) is 2. The van der Waals surface area contributed by atoms with E-state index in [9.17, 15) is 14.4 Å². The molecule has 1 heterocycles. The van der Waals surface area contributed by atoms with Gasteiger partial charge in [-0.3, -0.25) is 19.7 Å². The third-order valence-corrected chi connectivity index (χ3v) is 2.86. The van der Waals surface area contributed by atoms with E-state index in [0.29, 0.717) is 5.69 Å². The van der Waals surface area contributed by atoms with Gasteiger partial charge < -0.3 is 16.8 Å². The molecular weight excluding hydrogens is 248 g/mol. The van der Waals surface area contributed by atoms with Crippen molar-refractivity contribution in [2.75, 3.05) is 11.5 Å². The Bertz CT molecular complexity index is 556. The van der Waals surface area contributed by atoms with E-state index >= 15 is 0 Å². The Morgan fingerprint density at radius 1 is 1.32 bits per heavy atom. The summed E-state index contributed by atoms with van der Waals surface area (Å²) in [5.41, 5.74) is 12.2. The number of nitrogens with one attached hydrogen (secondary N) is 2. The third kappa shape index (κ3) is 2.82. The van der Waals surface area contributed by atoms with Crippen LogP contribution < -0.4 is 22.1 Å². The lowest BCUT2D eigenvalue weighted by atomic mass is 10.0. The summed E-state index contributed by atoms with van der Waals surface area (Å²) in [5.74, 6) is -1.30. The van der Waals surface area contributed by atoms with Gasteiger partial charge in [-0.1, -0.05) is 0 Å². The van der Waals surface area contributed by atoms with Crippen LogP contribution in [0.15, 0.2) is 18.2 Å². The van der Waals surface area contributed by atoms with E-state index < -0.39 is 17.9 Å². The monoisotopic (exact) mass is 262 g/mol. The number of hydrogen-bond acceptors (Lipinski definition) is 5. The minimum absolute atomic E-state index is 0.202. The summed E-state index contributed by atoms with van der Waals surface area (Å²) in [5, 5.41) is 4.71. The van der Waals surface area contributed by atoms with Gasteiger partial charge in [0.2, 0.25) is 11.8 Å². The Hall–Kier alpha value is -2.57. The number of imide groups is 1.